The Morgan fingerprint density at radius 2 is 2.14 bits per heavy atom. The van der Waals surface area contributed by atoms with Gasteiger partial charge >= 0.3 is 0 Å². The fourth-order valence-electron chi connectivity index (χ4n) is 1.91. The maximum atomic E-state index is 11.4. The molecule has 0 fully saturated rings. The molecule has 0 aliphatic heterocycles. The number of aliphatic hydroxyl groups is 1. The molecule has 0 aliphatic carbocycles. The normalized spacial score (nSPS) is 12.5. The van der Waals surface area contributed by atoms with Crippen LogP contribution in [0.1, 0.15) is 25.5 Å². The monoisotopic (exact) mass is 294 g/mol. The Hall–Kier alpha value is -1.59. The van der Waals surface area contributed by atoms with Gasteiger partial charge in [-0.15, -0.1) is 0 Å². The number of hydrogen-bond acceptors (Lipinski definition) is 4. The molecular weight excluding hydrogens is 268 g/mol. The summed E-state index contributed by atoms with van der Waals surface area (Å²) in [5.74, 6) is 0.785. The molecule has 2 N–H and O–H groups in total. The zero-order valence-electron chi connectivity index (χ0n) is 13.3. The van der Waals surface area contributed by atoms with Crippen LogP contribution in [0, 0.1) is 5.92 Å². The minimum absolute atomic E-state index is 0.00215. The lowest BCUT2D eigenvalue weighted by molar-refractivity contribution is -0.124. The van der Waals surface area contributed by atoms with Gasteiger partial charge in [0.25, 0.3) is 0 Å². The van der Waals surface area contributed by atoms with Gasteiger partial charge in [0.2, 0.25) is 5.91 Å². The maximum Gasteiger partial charge on any atom is 0.222 e. The lowest BCUT2D eigenvalue weighted by Crippen LogP contribution is -2.36. The number of ether oxygens (including phenoxy) is 1. The number of rotatable bonds is 8. The Bertz CT molecular complexity index is 449. The van der Waals surface area contributed by atoms with Gasteiger partial charge in [-0.25, -0.2) is 0 Å². The van der Waals surface area contributed by atoms with Crippen molar-refractivity contribution in [2.75, 3.05) is 33.8 Å². The highest BCUT2D eigenvalue weighted by molar-refractivity contribution is 5.77. The molecule has 0 saturated heterocycles. The van der Waals surface area contributed by atoms with Crippen LogP contribution in [0.2, 0.25) is 0 Å². The van der Waals surface area contributed by atoms with Gasteiger partial charge in [0, 0.05) is 25.6 Å². The average molecular weight is 294 g/mol. The summed E-state index contributed by atoms with van der Waals surface area (Å²) in [5, 5.41) is 13.1. The van der Waals surface area contributed by atoms with Crippen molar-refractivity contribution in [2.24, 2.45) is 5.92 Å². The molecule has 1 atom stereocenters. The first kappa shape index (κ1) is 17.5. The number of methoxy groups -OCH3 is 1. The molecule has 0 aromatic heterocycles. The lowest BCUT2D eigenvalue weighted by atomic mass is 10.1. The molecular formula is C16H26N2O3. The van der Waals surface area contributed by atoms with Crippen molar-refractivity contribution >= 4 is 5.91 Å². The van der Waals surface area contributed by atoms with E-state index >= 15 is 0 Å². The molecule has 0 saturated carbocycles. The van der Waals surface area contributed by atoms with Gasteiger partial charge in [-0.2, -0.15) is 0 Å². The standard InChI is InChI=1S/C16H26N2O3/c1-12(2)16(20)17-8-9-18(3)11-15(19)13-6-5-7-14(10-13)21-4/h5-7,10,12,15,19H,8-9,11H2,1-4H3,(H,17,20). The van der Waals surface area contributed by atoms with Crippen LogP contribution in [0.5, 0.6) is 5.75 Å². The Balaban J connectivity index is 2.39. The Kier molecular flexibility index (Phi) is 7.19. The zero-order valence-corrected chi connectivity index (χ0v) is 13.3. The molecule has 5 heteroatoms. The number of carbonyl (C=O) groups excluding carboxylic acids is 1. The van der Waals surface area contributed by atoms with E-state index in [2.05, 4.69) is 5.32 Å². The van der Waals surface area contributed by atoms with Gasteiger partial charge < -0.3 is 20.1 Å². The Morgan fingerprint density at radius 3 is 2.76 bits per heavy atom. The summed E-state index contributed by atoms with van der Waals surface area (Å²) in [5.41, 5.74) is 0.826. The van der Waals surface area contributed by atoms with Gasteiger partial charge in [-0.1, -0.05) is 26.0 Å². The Morgan fingerprint density at radius 1 is 1.43 bits per heavy atom. The molecule has 0 heterocycles. The first-order valence-corrected chi connectivity index (χ1v) is 7.22. The summed E-state index contributed by atoms with van der Waals surface area (Å²) in [7, 11) is 3.53. The fraction of sp³-hybridized carbons (Fsp3) is 0.562. The minimum atomic E-state index is -0.578. The summed E-state index contributed by atoms with van der Waals surface area (Å²) in [6.45, 7) is 5.51. The lowest BCUT2D eigenvalue weighted by Gasteiger charge is -2.21. The zero-order chi connectivity index (χ0) is 15.8. The van der Waals surface area contributed by atoms with Crippen molar-refractivity contribution in [2.45, 2.75) is 20.0 Å². The molecule has 118 valence electrons. The van der Waals surface area contributed by atoms with Crippen molar-refractivity contribution in [3.05, 3.63) is 29.8 Å². The number of likely N-dealkylation sites (N-methyl/N-ethyl adjacent to an activating group) is 1. The topological polar surface area (TPSA) is 61.8 Å². The second-order valence-corrected chi connectivity index (χ2v) is 5.50. The third-order valence-electron chi connectivity index (χ3n) is 3.28. The third-order valence-corrected chi connectivity index (χ3v) is 3.28. The van der Waals surface area contributed by atoms with Gasteiger partial charge in [-0.3, -0.25) is 4.79 Å². The predicted octanol–water partition coefficient (Wildman–Crippen LogP) is 1.43. The van der Waals surface area contributed by atoms with Crippen molar-refractivity contribution < 1.29 is 14.6 Å². The quantitative estimate of drug-likeness (QED) is 0.761. The fourth-order valence-corrected chi connectivity index (χ4v) is 1.91. The van der Waals surface area contributed by atoms with E-state index in [4.69, 9.17) is 4.74 Å². The van der Waals surface area contributed by atoms with Gasteiger partial charge in [0.1, 0.15) is 5.75 Å². The predicted molar refractivity (Wildman–Crippen MR) is 83.3 cm³/mol. The van der Waals surface area contributed by atoms with E-state index in [1.54, 1.807) is 7.11 Å². The van der Waals surface area contributed by atoms with Gasteiger partial charge in [0.05, 0.1) is 13.2 Å². The summed E-state index contributed by atoms with van der Waals surface area (Å²) in [6, 6.07) is 7.42. The largest absolute Gasteiger partial charge is 0.497 e. The van der Waals surface area contributed by atoms with Crippen LogP contribution in [-0.2, 0) is 4.79 Å². The summed E-state index contributed by atoms with van der Waals surface area (Å²) >= 11 is 0. The number of benzene rings is 1. The van der Waals surface area contributed by atoms with E-state index in [1.165, 1.54) is 0 Å². The molecule has 1 rings (SSSR count). The van der Waals surface area contributed by atoms with Crippen molar-refractivity contribution in [3.63, 3.8) is 0 Å². The van der Waals surface area contributed by atoms with Crippen LogP contribution < -0.4 is 10.1 Å². The van der Waals surface area contributed by atoms with Crippen LogP contribution in [-0.4, -0.2) is 49.7 Å². The van der Waals surface area contributed by atoms with E-state index in [1.807, 2.05) is 50.1 Å². The molecule has 0 bridgehead atoms. The highest BCUT2D eigenvalue weighted by atomic mass is 16.5. The molecule has 1 amide bonds. The molecule has 5 nitrogen and oxygen atoms in total. The highest BCUT2D eigenvalue weighted by Gasteiger charge is 2.12. The molecule has 0 aliphatic rings. The molecule has 1 unspecified atom stereocenters. The van der Waals surface area contributed by atoms with Crippen molar-refractivity contribution in [3.8, 4) is 5.75 Å². The number of aliphatic hydroxyl groups excluding tert-OH is 1. The van der Waals surface area contributed by atoms with Crippen molar-refractivity contribution in [1.82, 2.24) is 10.2 Å². The number of hydrogen-bond donors (Lipinski definition) is 2. The SMILES string of the molecule is COc1cccc(C(O)CN(C)CCNC(=O)C(C)C)c1. The first-order valence-electron chi connectivity index (χ1n) is 7.22. The van der Waals surface area contributed by atoms with Crippen LogP contribution in [0.3, 0.4) is 0 Å². The molecule has 0 spiro atoms. The van der Waals surface area contributed by atoms with E-state index in [-0.39, 0.29) is 11.8 Å². The smallest absolute Gasteiger partial charge is 0.222 e. The van der Waals surface area contributed by atoms with Gasteiger partial charge in [-0.05, 0) is 24.7 Å². The number of nitrogens with one attached hydrogen (secondary N) is 1. The van der Waals surface area contributed by atoms with E-state index in [9.17, 15) is 9.90 Å². The summed E-state index contributed by atoms with van der Waals surface area (Å²) in [4.78, 5) is 13.4. The second-order valence-electron chi connectivity index (χ2n) is 5.50. The van der Waals surface area contributed by atoms with Gasteiger partial charge in [0.15, 0.2) is 0 Å². The third kappa shape index (κ3) is 6.14. The maximum absolute atomic E-state index is 11.4. The van der Waals surface area contributed by atoms with Crippen molar-refractivity contribution in [1.29, 1.82) is 0 Å². The summed E-state index contributed by atoms with van der Waals surface area (Å²) < 4.78 is 5.15. The van der Waals surface area contributed by atoms with Crippen LogP contribution in [0.4, 0.5) is 0 Å². The van der Waals surface area contributed by atoms with Crippen LogP contribution >= 0.6 is 0 Å². The number of nitrogens with zero attached hydrogens (tertiary/aromatic N) is 1. The second kappa shape index (κ2) is 8.64. The highest BCUT2D eigenvalue weighted by Crippen LogP contribution is 2.19. The first-order chi connectivity index (χ1) is 9.93. The van der Waals surface area contributed by atoms with E-state index < -0.39 is 6.10 Å². The Labute approximate surface area is 126 Å². The number of amides is 1. The summed E-state index contributed by atoms with van der Waals surface area (Å²) in [6.07, 6.45) is -0.578. The molecule has 1 aromatic rings. The molecule has 21 heavy (non-hydrogen) atoms. The van der Waals surface area contributed by atoms with Crippen LogP contribution in [0.25, 0.3) is 0 Å². The van der Waals surface area contributed by atoms with E-state index in [0.29, 0.717) is 19.6 Å². The van der Waals surface area contributed by atoms with Crippen LogP contribution in [0.15, 0.2) is 24.3 Å². The molecule has 0 radical (unpaired) electrons. The number of carbonyl (C=O) groups is 1. The minimum Gasteiger partial charge on any atom is -0.497 e. The molecule has 1 aromatic carbocycles. The van der Waals surface area contributed by atoms with E-state index in [0.717, 1.165) is 11.3 Å². The average Bonchev–Trinajstić information content (AvgIpc) is 2.46.